The van der Waals surface area contributed by atoms with Gasteiger partial charge in [0.25, 0.3) is 0 Å². The fourth-order valence-corrected chi connectivity index (χ4v) is 2.51. The van der Waals surface area contributed by atoms with E-state index in [0.29, 0.717) is 0 Å². The summed E-state index contributed by atoms with van der Waals surface area (Å²) in [6, 6.07) is 2.58. The molecule has 2 heteroatoms. The third-order valence-electron chi connectivity index (χ3n) is 3.62. The maximum absolute atomic E-state index is 9.41. The van der Waals surface area contributed by atoms with Gasteiger partial charge in [-0.25, -0.2) is 0 Å². The zero-order chi connectivity index (χ0) is 11.7. The molecule has 1 aliphatic carbocycles. The quantitative estimate of drug-likeness (QED) is 0.658. The molecule has 1 rings (SSSR count). The first-order valence-corrected chi connectivity index (χ1v) is 6.82. The molecule has 0 aliphatic heterocycles. The SMILES string of the molecule is CCCOCCC1(C#N)CCCCCCC1. The minimum atomic E-state index is -0.0752. The van der Waals surface area contributed by atoms with Crippen LogP contribution in [-0.2, 0) is 4.74 Å². The largest absolute Gasteiger partial charge is 0.381 e. The minimum Gasteiger partial charge on any atom is -0.381 e. The summed E-state index contributed by atoms with van der Waals surface area (Å²) < 4.78 is 5.53. The molecule has 0 radical (unpaired) electrons. The van der Waals surface area contributed by atoms with Gasteiger partial charge < -0.3 is 4.74 Å². The predicted octanol–water partition coefficient (Wildman–Crippen LogP) is 4.06. The van der Waals surface area contributed by atoms with Crippen molar-refractivity contribution in [1.82, 2.24) is 0 Å². The first kappa shape index (κ1) is 13.5. The molecule has 0 aromatic carbocycles. The molecule has 16 heavy (non-hydrogen) atoms. The Kier molecular flexibility index (Phi) is 6.49. The Bertz CT molecular complexity index is 211. The van der Waals surface area contributed by atoms with Gasteiger partial charge in [0.05, 0.1) is 11.5 Å². The molecule has 1 saturated carbocycles. The average Bonchev–Trinajstić information content (AvgIpc) is 2.27. The fourth-order valence-electron chi connectivity index (χ4n) is 2.51. The van der Waals surface area contributed by atoms with Crippen LogP contribution in [0.25, 0.3) is 0 Å². The van der Waals surface area contributed by atoms with Gasteiger partial charge in [-0.1, -0.05) is 39.0 Å². The summed E-state index contributed by atoms with van der Waals surface area (Å²) >= 11 is 0. The predicted molar refractivity (Wildman–Crippen MR) is 66.1 cm³/mol. The highest BCUT2D eigenvalue weighted by Gasteiger charge is 2.29. The lowest BCUT2D eigenvalue weighted by Gasteiger charge is -2.28. The molecule has 92 valence electrons. The van der Waals surface area contributed by atoms with Crippen LogP contribution < -0.4 is 0 Å². The number of nitrogens with zero attached hydrogens (tertiary/aromatic N) is 1. The van der Waals surface area contributed by atoms with Crippen LogP contribution in [0.5, 0.6) is 0 Å². The van der Waals surface area contributed by atoms with E-state index < -0.39 is 0 Å². The topological polar surface area (TPSA) is 33.0 Å². The monoisotopic (exact) mass is 223 g/mol. The summed E-state index contributed by atoms with van der Waals surface area (Å²) in [5.74, 6) is 0. The van der Waals surface area contributed by atoms with Crippen LogP contribution in [0.2, 0.25) is 0 Å². The number of hydrogen-bond donors (Lipinski definition) is 0. The van der Waals surface area contributed by atoms with Gasteiger partial charge >= 0.3 is 0 Å². The molecule has 0 bridgehead atoms. The molecule has 0 amide bonds. The molecular formula is C14H25NO. The van der Waals surface area contributed by atoms with Crippen molar-refractivity contribution < 1.29 is 4.74 Å². The molecule has 0 unspecified atom stereocenters. The van der Waals surface area contributed by atoms with Crippen molar-refractivity contribution in [3.63, 3.8) is 0 Å². The molecular weight excluding hydrogens is 198 g/mol. The molecule has 1 aliphatic rings. The van der Waals surface area contributed by atoms with Crippen molar-refractivity contribution in [1.29, 1.82) is 5.26 Å². The van der Waals surface area contributed by atoms with Gasteiger partial charge in [-0.3, -0.25) is 0 Å². The highest BCUT2D eigenvalue weighted by atomic mass is 16.5. The van der Waals surface area contributed by atoms with Crippen LogP contribution in [0.3, 0.4) is 0 Å². The minimum absolute atomic E-state index is 0.0752. The summed E-state index contributed by atoms with van der Waals surface area (Å²) in [5, 5.41) is 9.41. The second-order valence-corrected chi connectivity index (χ2v) is 5.02. The van der Waals surface area contributed by atoms with Gasteiger partial charge in [-0.15, -0.1) is 0 Å². The Morgan fingerprint density at radius 2 is 1.69 bits per heavy atom. The van der Waals surface area contributed by atoms with Gasteiger partial charge in [-0.2, -0.15) is 5.26 Å². The second kappa shape index (κ2) is 7.68. The van der Waals surface area contributed by atoms with E-state index in [2.05, 4.69) is 13.0 Å². The van der Waals surface area contributed by atoms with Gasteiger partial charge in [0, 0.05) is 13.2 Å². The molecule has 1 fully saturated rings. The summed E-state index contributed by atoms with van der Waals surface area (Å²) in [6.07, 6.45) is 10.6. The lowest BCUT2D eigenvalue weighted by Crippen LogP contribution is -2.22. The van der Waals surface area contributed by atoms with E-state index in [-0.39, 0.29) is 5.41 Å². The normalized spacial score (nSPS) is 20.8. The van der Waals surface area contributed by atoms with Crippen LogP contribution in [0, 0.1) is 16.7 Å². The van der Waals surface area contributed by atoms with Crippen LogP contribution in [0.4, 0.5) is 0 Å². The molecule has 0 spiro atoms. The van der Waals surface area contributed by atoms with Gasteiger partial charge in [0.2, 0.25) is 0 Å². The summed E-state index contributed by atoms with van der Waals surface area (Å²) in [6.45, 7) is 3.72. The van der Waals surface area contributed by atoms with E-state index in [0.717, 1.165) is 38.9 Å². The third-order valence-corrected chi connectivity index (χ3v) is 3.62. The van der Waals surface area contributed by atoms with Crippen molar-refractivity contribution in [2.45, 2.75) is 64.7 Å². The average molecular weight is 223 g/mol. The van der Waals surface area contributed by atoms with Crippen molar-refractivity contribution >= 4 is 0 Å². The second-order valence-electron chi connectivity index (χ2n) is 5.02. The van der Waals surface area contributed by atoms with Crippen molar-refractivity contribution in [2.75, 3.05) is 13.2 Å². The Hall–Kier alpha value is -0.550. The lowest BCUT2D eigenvalue weighted by atomic mass is 9.75. The summed E-state index contributed by atoms with van der Waals surface area (Å²) in [4.78, 5) is 0. The molecule has 0 atom stereocenters. The van der Waals surface area contributed by atoms with E-state index in [4.69, 9.17) is 4.74 Å². The molecule has 0 aromatic heterocycles. The van der Waals surface area contributed by atoms with Gasteiger partial charge in [0.15, 0.2) is 0 Å². The fraction of sp³-hybridized carbons (Fsp3) is 0.929. The zero-order valence-electron chi connectivity index (χ0n) is 10.6. The van der Waals surface area contributed by atoms with Crippen LogP contribution in [-0.4, -0.2) is 13.2 Å². The van der Waals surface area contributed by atoms with E-state index in [1.807, 2.05) is 0 Å². The van der Waals surface area contributed by atoms with Crippen LogP contribution >= 0.6 is 0 Å². The lowest BCUT2D eigenvalue weighted by molar-refractivity contribution is 0.101. The number of ether oxygens (including phenoxy) is 1. The molecule has 0 N–H and O–H groups in total. The van der Waals surface area contributed by atoms with Gasteiger partial charge in [-0.05, 0) is 25.7 Å². The van der Waals surface area contributed by atoms with Gasteiger partial charge in [0.1, 0.15) is 0 Å². The van der Waals surface area contributed by atoms with E-state index in [1.165, 1.54) is 32.1 Å². The first-order chi connectivity index (χ1) is 7.83. The van der Waals surface area contributed by atoms with Crippen molar-refractivity contribution in [3.8, 4) is 6.07 Å². The molecule has 2 nitrogen and oxygen atoms in total. The maximum atomic E-state index is 9.41. The maximum Gasteiger partial charge on any atom is 0.0690 e. The molecule has 0 aromatic rings. The van der Waals surface area contributed by atoms with Crippen molar-refractivity contribution in [2.24, 2.45) is 5.41 Å². The van der Waals surface area contributed by atoms with E-state index in [9.17, 15) is 5.26 Å². The zero-order valence-corrected chi connectivity index (χ0v) is 10.6. The summed E-state index contributed by atoms with van der Waals surface area (Å²) in [7, 11) is 0. The first-order valence-electron chi connectivity index (χ1n) is 6.82. The number of hydrogen-bond acceptors (Lipinski definition) is 2. The highest BCUT2D eigenvalue weighted by molar-refractivity contribution is 4.99. The highest BCUT2D eigenvalue weighted by Crippen LogP contribution is 2.36. The Morgan fingerprint density at radius 1 is 1.06 bits per heavy atom. The van der Waals surface area contributed by atoms with Crippen LogP contribution in [0.1, 0.15) is 64.7 Å². The Labute approximate surface area is 100.0 Å². The molecule has 0 heterocycles. The standard InChI is InChI=1S/C14H25NO/c1-2-11-16-12-10-14(13-15)8-6-4-3-5-7-9-14/h2-12H2,1H3. The summed E-state index contributed by atoms with van der Waals surface area (Å²) in [5.41, 5.74) is -0.0752. The number of nitriles is 1. The van der Waals surface area contributed by atoms with E-state index in [1.54, 1.807) is 0 Å². The van der Waals surface area contributed by atoms with Crippen LogP contribution in [0.15, 0.2) is 0 Å². The Morgan fingerprint density at radius 3 is 2.25 bits per heavy atom. The van der Waals surface area contributed by atoms with E-state index >= 15 is 0 Å². The van der Waals surface area contributed by atoms with Crippen molar-refractivity contribution in [3.05, 3.63) is 0 Å². The molecule has 0 saturated heterocycles. The third kappa shape index (κ3) is 4.53. The smallest absolute Gasteiger partial charge is 0.0690 e. The number of rotatable bonds is 5. The Balaban J connectivity index is 2.37.